The van der Waals surface area contributed by atoms with Gasteiger partial charge in [-0.15, -0.1) is 0 Å². The van der Waals surface area contributed by atoms with Crippen molar-refractivity contribution in [3.05, 3.63) is 70.0 Å². The highest BCUT2D eigenvalue weighted by Crippen LogP contribution is 2.26. The minimum absolute atomic E-state index is 0.280. The van der Waals surface area contributed by atoms with E-state index in [1.54, 1.807) is 18.2 Å². The summed E-state index contributed by atoms with van der Waals surface area (Å²) in [5.74, 6) is 5.25. The third kappa shape index (κ3) is 2.70. The number of benzene rings is 2. The number of hydrogen-bond donors (Lipinski definition) is 2. The van der Waals surface area contributed by atoms with Gasteiger partial charge in [-0.2, -0.15) is 0 Å². The zero-order valence-electron chi connectivity index (χ0n) is 9.95. The molecule has 2 nitrogen and oxygen atoms in total. The second-order valence-electron chi connectivity index (χ2n) is 4.18. The highest BCUT2D eigenvalue weighted by Gasteiger charge is 2.16. The molecule has 4 heteroatoms. The molecule has 0 spiro atoms. The Labute approximate surface area is 111 Å². The van der Waals surface area contributed by atoms with Gasteiger partial charge in [-0.05, 0) is 36.2 Å². The Morgan fingerprint density at radius 1 is 1.22 bits per heavy atom. The fourth-order valence-electron chi connectivity index (χ4n) is 1.92. The Morgan fingerprint density at radius 3 is 2.61 bits per heavy atom. The van der Waals surface area contributed by atoms with Crippen LogP contribution in [0, 0.1) is 12.7 Å². The van der Waals surface area contributed by atoms with Crippen molar-refractivity contribution in [1.82, 2.24) is 5.43 Å². The molecule has 2 rings (SSSR count). The fraction of sp³-hybridized carbons (Fsp3) is 0.143. The predicted octanol–water partition coefficient (Wildman–Crippen LogP) is 3.34. The number of nitrogens with two attached hydrogens (primary N) is 1. The van der Waals surface area contributed by atoms with Crippen molar-refractivity contribution in [3.63, 3.8) is 0 Å². The summed E-state index contributed by atoms with van der Waals surface area (Å²) in [7, 11) is 0. The molecule has 0 aliphatic rings. The first-order chi connectivity index (χ1) is 8.61. The number of nitrogens with one attached hydrogen (secondary N) is 1. The average Bonchev–Trinajstić information content (AvgIpc) is 2.33. The van der Waals surface area contributed by atoms with Gasteiger partial charge in [0, 0.05) is 10.6 Å². The molecule has 0 aliphatic heterocycles. The minimum Gasteiger partial charge on any atom is -0.271 e. The van der Waals surface area contributed by atoms with Crippen LogP contribution in [-0.4, -0.2) is 0 Å². The van der Waals surface area contributed by atoms with E-state index < -0.39 is 6.04 Å². The van der Waals surface area contributed by atoms with Crippen LogP contribution in [0.25, 0.3) is 0 Å². The third-order valence-electron chi connectivity index (χ3n) is 2.82. The van der Waals surface area contributed by atoms with E-state index in [-0.39, 0.29) is 5.82 Å². The van der Waals surface area contributed by atoms with Crippen molar-refractivity contribution in [2.24, 2.45) is 5.84 Å². The lowest BCUT2D eigenvalue weighted by Crippen LogP contribution is -2.29. The van der Waals surface area contributed by atoms with Crippen molar-refractivity contribution >= 4 is 11.6 Å². The van der Waals surface area contributed by atoms with Gasteiger partial charge in [0.25, 0.3) is 0 Å². The summed E-state index contributed by atoms with van der Waals surface area (Å²) in [6, 6.07) is 11.9. The molecule has 18 heavy (non-hydrogen) atoms. The van der Waals surface area contributed by atoms with Gasteiger partial charge in [-0.25, -0.2) is 9.82 Å². The molecule has 0 amide bonds. The van der Waals surface area contributed by atoms with Gasteiger partial charge in [-0.1, -0.05) is 35.9 Å². The molecular weight excluding hydrogens is 251 g/mol. The van der Waals surface area contributed by atoms with Crippen LogP contribution >= 0.6 is 11.6 Å². The zero-order chi connectivity index (χ0) is 13.1. The lowest BCUT2D eigenvalue weighted by atomic mass is 9.98. The zero-order valence-corrected chi connectivity index (χ0v) is 10.7. The standard InChI is InChI=1S/C14H14ClFN2/c1-9-5-6-12(13(16)7-9)14(18-17)10-3-2-4-11(15)8-10/h2-8,14,18H,17H2,1H3. The number of aryl methyl sites for hydroxylation is 1. The van der Waals surface area contributed by atoms with E-state index in [1.165, 1.54) is 6.07 Å². The largest absolute Gasteiger partial charge is 0.271 e. The van der Waals surface area contributed by atoms with Crippen LogP contribution in [-0.2, 0) is 0 Å². The normalized spacial score (nSPS) is 12.4. The molecule has 0 aromatic heterocycles. The molecule has 0 saturated heterocycles. The average molecular weight is 265 g/mol. The summed E-state index contributed by atoms with van der Waals surface area (Å²) in [5.41, 5.74) is 4.83. The molecule has 1 unspecified atom stereocenters. The first-order valence-electron chi connectivity index (χ1n) is 5.59. The maximum Gasteiger partial charge on any atom is 0.128 e. The van der Waals surface area contributed by atoms with Crippen molar-refractivity contribution in [1.29, 1.82) is 0 Å². The van der Waals surface area contributed by atoms with E-state index in [1.807, 2.05) is 25.1 Å². The van der Waals surface area contributed by atoms with E-state index in [2.05, 4.69) is 5.43 Å². The van der Waals surface area contributed by atoms with Gasteiger partial charge in [0.05, 0.1) is 6.04 Å². The van der Waals surface area contributed by atoms with Gasteiger partial charge >= 0.3 is 0 Å². The second kappa shape index (κ2) is 5.48. The lowest BCUT2D eigenvalue weighted by molar-refractivity contribution is 0.559. The number of hydrogen-bond acceptors (Lipinski definition) is 2. The summed E-state index contributed by atoms with van der Waals surface area (Å²) < 4.78 is 13.9. The molecule has 3 N–H and O–H groups in total. The second-order valence-corrected chi connectivity index (χ2v) is 4.62. The topological polar surface area (TPSA) is 38.0 Å². The van der Waals surface area contributed by atoms with Crippen molar-refractivity contribution in [3.8, 4) is 0 Å². The Hall–Kier alpha value is -1.42. The number of rotatable bonds is 3. The van der Waals surface area contributed by atoms with E-state index in [0.29, 0.717) is 10.6 Å². The first kappa shape index (κ1) is 13.0. The summed E-state index contributed by atoms with van der Waals surface area (Å²) >= 11 is 5.94. The Morgan fingerprint density at radius 2 is 2.00 bits per heavy atom. The predicted molar refractivity (Wildman–Crippen MR) is 71.8 cm³/mol. The minimum atomic E-state index is -0.413. The van der Waals surface area contributed by atoms with Crippen LogP contribution < -0.4 is 11.3 Å². The van der Waals surface area contributed by atoms with Crippen LogP contribution in [0.15, 0.2) is 42.5 Å². The first-order valence-corrected chi connectivity index (χ1v) is 5.97. The highest BCUT2D eigenvalue weighted by molar-refractivity contribution is 6.30. The highest BCUT2D eigenvalue weighted by atomic mass is 35.5. The molecule has 1 atom stereocenters. The molecule has 0 bridgehead atoms. The molecular formula is C14H14ClFN2. The van der Waals surface area contributed by atoms with Crippen molar-refractivity contribution in [2.75, 3.05) is 0 Å². The fourth-order valence-corrected chi connectivity index (χ4v) is 2.12. The van der Waals surface area contributed by atoms with Crippen LogP contribution in [0.2, 0.25) is 5.02 Å². The molecule has 2 aromatic rings. The van der Waals surface area contributed by atoms with E-state index in [0.717, 1.165) is 11.1 Å². The summed E-state index contributed by atoms with van der Waals surface area (Å²) in [6.07, 6.45) is 0. The van der Waals surface area contributed by atoms with Crippen LogP contribution in [0.5, 0.6) is 0 Å². The van der Waals surface area contributed by atoms with Crippen LogP contribution in [0.4, 0.5) is 4.39 Å². The SMILES string of the molecule is Cc1ccc(C(NN)c2cccc(Cl)c2)c(F)c1. The Balaban J connectivity index is 2.45. The van der Waals surface area contributed by atoms with E-state index in [9.17, 15) is 4.39 Å². The van der Waals surface area contributed by atoms with Gasteiger partial charge in [0.15, 0.2) is 0 Å². The van der Waals surface area contributed by atoms with Crippen LogP contribution in [0.3, 0.4) is 0 Å². The molecule has 2 aromatic carbocycles. The summed E-state index contributed by atoms with van der Waals surface area (Å²) in [6.45, 7) is 1.84. The summed E-state index contributed by atoms with van der Waals surface area (Å²) in [5, 5.41) is 0.597. The van der Waals surface area contributed by atoms with Gasteiger partial charge in [-0.3, -0.25) is 5.84 Å². The Kier molecular flexibility index (Phi) is 3.97. The molecule has 0 saturated carbocycles. The molecule has 0 heterocycles. The molecule has 0 fully saturated rings. The van der Waals surface area contributed by atoms with E-state index >= 15 is 0 Å². The Bertz CT molecular complexity index is 557. The van der Waals surface area contributed by atoms with Crippen molar-refractivity contribution < 1.29 is 4.39 Å². The van der Waals surface area contributed by atoms with Crippen LogP contribution in [0.1, 0.15) is 22.7 Å². The quantitative estimate of drug-likeness (QED) is 0.659. The third-order valence-corrected chi connectivity index (χ3v) is 3.05. The maximum atomic E-state index is 13.9. The van der Waals surface area contributed by atoms with Gasteiger partial charge in [0.2, 0.25) is 0 Å². The summed E-state index contributed by atoms with van der Waals surface area (Å²) in [4.78, 5) is 0. The van der Waals surface area contributed by atoms with Gasteiger partial charge in [0.1, 0.15) is 5.82 Å². The molecule has 0 radical (unpaired) electrons. The smallest absolute Gasteiger partial charge is 0.128 e. The van der Waals surface area contributed by atoms with Crippen molar-refractivity contribution in [2.45, 2.75) is 13.0 Å². The monoisotopic (exact) mass is 264 g/mol. The molecule has 0 aliphatic carbocycles. The molecule has 94 valence electrons. The maximum absolute atomic E-state index is 13.9. The van der Waals surface area contributed by atoms with E-state index in [4.69, 9.17) is 17.4 Å². The number of hydrazine groups is 1. The van der Waals surface area contributed by atoms with Gasteiger partial charge < -0.3 is 0 Å². The lowest BCUT2D eigenvalue weighted by Gasteiger charge is -2.18. The number of halogens is 2.